The number of thioether (sulfide) groups is 2. The molecule has 0 saturated carbocycles. The minimum atomic E-state index is 0.274. The van der Waals surface area contributed by atoms with Gasteiger partial charge in [0.05, 0.1) is 13.2 Å². The van der Waals surface area contributed by atoms with E-state index in [-0.39, 0.29) is 13.2 Å². The highest BCUT2D eigenvalue weighted by molar-refractivity contribution is 8.07. The Bertz CT molecular complexity index is 79.7. The molecule has 0 radical (unpaired) electrons. The second kappa shape index (κ2) is 4.49. The Morgan fingerprint density at radius 2 is 1.40 bits per heavy atom. The van der Waals surface area contributed by atoms with Gasteiger partial charge in [-0.3, -0.25) is 0 Å². The molecule has 60 valence electrons. The second-order valence-corrected chi connectivity index (χ2v) is 4.94. The first-order chi connectivity index (χ1) is 4.86. The van der Waals surface area contributed by atoms with E-state index < -0.39 is 0 Å². The summed E-state index contributed by atoms with van der Waals surface area (Å²) in [5, 5.41) is 18.3. The number of hydrogen-bond donors (Lipinski definition) is 2. The smallest absolute Gasteiger partial charge is 0.0558 e. The average Bonchev–Trinajstić information content (AvgIpc) is 2.05. The van der Waals surface area contributed by atoms with E-state index in [0.717, 1.165) is 11.5 Å². The lowest BCUT2D eigenvalue weighted by atomic mass is 10.5. The van der Waals surface area contributed by atoms with Gasteiger partial charge in [-0.15, -0.1) is 0 Å². The third-order valence-corrected chi connectivity index (χ3v) is 4.63. The van der Waals surface area contributed by atoms with Crippen LogP contribution in [0.3, 0.4) is 0 Å². The highest BCUT2D eigenvalue weighted by Crippen LogP contribution is 2.28. The quantitative estimate of drug-likeness (QED) is 0.636. The molecule has 2 atom stereocenters. The molecule has 1 fully saturated rings. The van der Waals surface area contributed by atoms with Gasteiger partial charge in [0.15, 0.2) is 0 Å². The number of aliphatic hydroxyl groups is 2. The molecule has 1 heterocycles. The fourth-order valence-corrected chi connectivity index (χ4v) is 3.43. The third kappa shape index (κ3) is 2.34. The molecule has 1 saturated heterocycles. The first-order valence-corrected chi connectivity index (χ1v) is 5.41. The Labute approximate surface area is 69.4 Å². The zero-order chi connectivity index (χ0) is 7.40. The maximum Gasteiger partial charge on any atom is 0.0558 e. The number of aliphatic hydroxyl groups excluding tert-OH is 2. The van der Waals surface area contributed by atoms with Gasteiger partial charge in [-0.25, -0.2) is 0 Å². The van der Waals surface area contributed by atoms with E-state index in [0.29, 0.717) is 10.5 Å². The van der Waals surface area contributed by atoms with Gasteiger partial charge in [0.25, 0.3) is 0 Å². The molecule has 0 aromatic rings. The standard InChI is InChI=1S/C6H12O2S2/c7-1-5-3-10-6(2-8)4-9-5/h5-8H,1-4H2. The Kier molecular flexibility index (Phi) is 3.91. The number of hydrogen-bond acceptors (Lipinski definition) is 4. The molecule has 0 amide bonds. The van der Waals surface area contributed by atoms with Crippen LogP contribution < -0.4 is 0 Å². The summed E-state index contributed by atoms with van der Waals surface area (Å²) in [7, 11) is 0. The van der Waals surface area contributed by atoms with Crippen molar-refractivity contribution in [2.24, 2.45) is 0 Å². The van der Waals surface area contributed by atoms with Crippen LogP contribution in [0.25, 0.3) is 0 Å². The van der Waals surface area contributed by atoms with Crippen LogP contribution in [0.2, 0.25) is 0 Å². The maximum atomic E-state index is 8.75. The first-order valence-electron chi connectivity index (χ1n) is 3.31. The van der Waals surface area contributed by atoms with Gasteiger partial charge in [-0.2, -0.15) is 23.5 Å². The van der Waals surface area contributed by atoms with Crippen LogP contribution in [0.5, 0.6) is 0 Å². The van der Waals surface area contributed by atoms with Crippen LogP contribution in [0, 0.1) is 0 Å². The van der Waals surface area contributed by atoms with Crippen LogP contribution in [-0.4, -0.2) is 45.4 Å². The zero-order valence-electron chi connectivity index (χ0n) is 5.69. The van der Waals surface area contributed by atoms with Gasteiger partial charge < -0.3 is 10.2 Å². The van der Waals surface area contributed by atoms with E-state index in [2.05, 4.69) is 0 Å². The summed E-state index contributed by atoms with van der Waals surface area (Å²) in [4.78, 5) is 0. The molecule has 2 N–H and O–H groups in total. The molecule has 4 heteroatoms. The van der Waals surface area contributed by atoms with Gasteiger partial charge in [-0.05, 0) is 0 Å². The molecule has 0 aliphatic carbocycles. The van der Waals surface area contributed by atoms with Crippen LogP contribution >= 0.6 is 23.5 Å². The lowest BCUT2D eigenvalue weighted by Crippen LogP contribution is -2.25. The van der Waals surface area contributed by atoms with Crippen LogP contribution in [0.1, 0.15) is 0 Å². The summed E-state index contributed by atoms with van der Waals surface area (Å²) in [6, 6.07) is 0. The highest BCUT2D eigenvalue weighted by atomic mass is 32.2. The van der Waals surface area contributed by atoms with E-state index in [1.165, 1.54) is 0 Å². The summed E-state index contributed by atoms with van der Waals surface area (Å²) in [5.41, 5.74) is 0. The largest absolute Gasteiger partial charge is 0.395 e. The third-order valence-electron chi connectivity index (χ3n) is 1.44. The predicted octanol–water partition coefficient (Wildman–Crippen LogP) is 0.188. The van der Waals surface area contributed by atoms with Crippen molar-refractivity contribution in [1.29, 1.82) is 0 Å². The molecule has 2 unspecified atom stereocenters. The Balaban J connectivity index is 2.17. The van der Waals surface area contributed by atoms with E-state index in [1.54, 1.807) is 23.5 Å². The summed E-state index contributed by atoms with van der Waals surface area (Å²) in [5.74, 6) is 1.96. The minimum Gasteiger partial charge on any atom is -0.395 e. The van der Waals surface area contributed by atoms with E-state index in [9.17, 15) is 0 Å². The highest BCUT2D eigenvalue weighted by Gasteiger charge is 2.20. The summed E-state index contributed by atoms with van der Waals surface area (Å²) in [6.45, 7) is 0.547. The van der Waals surface area contributed by atoms with Crippen molar-refractivity contribution in [1.82, 2.24) is 0 Å². The topological polar surface area (TPSA) is 40.5 Å². The Morgan fingerprint density at radius 3 is 1.60 bits per heavy atom. The molecule has 0 aromatic heterocycles. The summed E-state index contributed by atoms with van der Waals surface area (Å²) < 4.78 is 0. The normalized spacial score (nSPS) is 34.2. The predicted molar refractivity (Wildman–Crippen MR) is 46.7 cm³/mol. The number of rotatable bonds is 2. The maximum absolute atomic E-state index is 8.75. The van der Waals surface area contributed by atoms with Crippen LogP contribution in [-0.2, 0) is 0 Å². The molecular formula is C6H12O2S2. The molecule has 2 nitrogen and oxygen atoms in total. The van der Waals surface area contributed by atoms with Crippen LogP contribution in [0.15, 0.2) is 0 Å². The van der Waals surface area contributed by atoms with Gasteiger partial charge in [0, 0.05) is 22.0 Å². The molecule has 1 rings (SSSR count). The van der Waals surface area contributed by atoms with Gasteiger partial charge in [0.1, 0.15) is 0 Å². The fourth-order valence-electron chi connectivity index (χ4n) is 0.794. The van der Waals surface area contributed by atoms with E-state index >= 15 is 0 Å². The molecular weight excluding hydrogens is 168 g/mol. The second-order valence-electron chi connectivity index (χ2n) is 2.28. The minimum absolute atomic E-state index is 0.274. The van der Waals surface area contributed by atoms with E-state index in [1.807, 2.05) is 0 Å². The van der Waals surface area contributed by atoms with Gasteiger partial charge in [-0.1, -0.05) is 0 Å². The zero-order valence-corrected chi connectivity index (χ0v) is 7.33. The van der Waals surface area contributed by atoms with Crippen molar-refractivity contribution in [2.75, 3.05) is 24.7 Å². The molecule has 1 aliphatic rings. The first kappa shape index (κ1) is 8.71. The molecule has 10 heavy (non-hydrogen) atoms. The SMILES string of the molecule is OCC1CSC(CO)CS1. The van der Waals surface area contributed by atoms with Gasteiger partial charge in [0.2, 0.25) is 0 Å². The Hall–Kier alpha value is 0.620. The molecule has 0 bridgehead atoms. The monoisotopic (exact) mass is 180 g/mol. The fraction of sp³-hybridized carbons (Fsp3) is 1.00. The summed E-state index contributed by atoms with van der Waals surface area (Å²) >= 11 is 3.53. The lowest BCUT2D eigenvalue weighted by molar-refractivity contribution is 0.294. The Morgan fingerprint density at radius 1 is 1.00 bits per heavy atom. The molecule has 1 aliphatic heterocycles. The molecule has 0 spiro atoms. The van der Waals surface area contributed by atoms with Crippen molar-refractivity contribution >= 4 is 23.5 Å². The lowest BCUT2D eigenvalue weighted by Gasteiger charge is -2.24. The van der Waals surface area contributed by atoms with Crippen molar-refractivity contribution in [2.45, 2.75) is 10.5 Å². The molecule has 0 aromatic carbocycles. The van der Waals surface area contributed by atoms with Crippen molar-refractivity contribution in [3.8, 4) is 0 Å². The van der Waals surface area contributed by atoms with Crippen molar-refractivity contribution < 1.29 is 10.2 Å². The summed E-state index contributed by atoms with van der Waals surface area (Å²) in [6.07, 6.45) is 0. The van der Waals surface area contributed by atoms with Crippen molar-refractivity contribution in [3.63, 3.8) is 0 Å². The van der Waals surface area contributed by atoms with Crippen LogP contribution in [0.4, 0.5) is 0 Å². The van der Waals surface area contributed by atoms with E-state index in [4.69, 9.17) is 10.2 Å². The average molecular weight is 180 g/mol. The van der Waals surface area contributed by atoms with Crippen molar-refractivity contribution in [3.05, 3.63) is 0 Å². The van der Waals surface area contributed by atoms with Gasteiger partial charge >= 0.3 is 0 Å².